The van der Waals surface area contributed by atoms with Crippen LogP contribution < -0.4 is 10.2 Å². The normalized spacial score (nSPS) is 16.8. The highest BCUT2D eigenvalue weighted by atomic mass is 16.3. The first-order valence-corrected chi connectivity index (χ1v) is 12.6. The van der Waals surface area contributed by atoms with Gasteiger partial charge in [-0.2, -0.15) is 5.10 Å². The lowest BCUT2D eigenvalue weighted by molar-refractivity contribution is 0.102. The van der Waals surface area contributed by atoms with Crippen molar-refractivity contribution in [3.63, 3.8) is 0 Å². The second-order valence-corrected chi connectivity index (χ2v) is 9.67. The minimum absolute atomic E-state index is 0.245. The van der Waals surface area contributed by atoms with Gasteiger partial charge in [-0.25, -0.2) is 4.98 Å². The molecular formula is C27H30N6O2. The number of amides is 1. The Hall–Kier alpha value is -3.68. The van der Waals surface area contributed by atoms with Gasteiger partial charge in [0.25, 0.3) is 5.91 Å². The summed E-state index contributed by atoms with van der Waals surface area (Å²) in [6.45, 7) is 4.02. The van der Waals surface area contributed by atoms with Crippen LogP contribution in [0.1, 0.15) is 67.2 Å². The van der Waals surface area contributed by atoms with Crippen molar-refractivity contribution in [1.29, 1.82) is 0 Å². The summed E-state index contributed by atoms with van der Waals surface area (Å²) in [5.41, 5.74) is 6.01. The minimum atomic E-state index is -0.305. The summed E-state index contributed by atoms with van der Waals surface area (Å²) in [5.74, 6) is -0.305. The van der Waals surface area contributed by atoms with Crippen LogP contribution in [0.15, 0.2) is 47.7 Å². The molecule has 0 unspecified atom stereocenters. The number of hydrogen-bond acceptors (Lipinski definition) is 6. The van der Waals surface area contributed by atoms with Crippen LogP contribution in [-0.4, -0.2) is 38.7 Å². The third-order valence-electron chi connectivity index (χ3n) is 7.36. The van der Waals surface area contributed by atoms with Gasteiger partial charge in [0.1, 0.15) is 6.26 Å². The van der Waals surface area contributed by atoms with E-state index >= 15 is 0 Å². The molecule has 1 N–H and O–H groups in total. The van der Waals surface area contributed by atoms with Crippen molar-refractivity contribution in [3.05, 3.63) is 54.6 Å². The van der Waals surface area contributed by atoms with Crippen molar-refractivity contribution < 1.29 is 9.21 Å². The molecule has 0 bridgehead atoms. The number of carbonyl (C=O) groups excluding carboxylic acids is 1. The predicted octanol–water partition coefficient (Wildman–Crippen LogP) is 5.75. The van der Waals surface area contributed by atoms with Crippen LogP contribution in [0.25, 0.3) is 22.0 Å². The Morgan fingerprint density at radius 2 is 1.91 bits per heavy atom. The van der Waals surface area contributed by atoms with Crippen molar-refractivity contribution in [2.45, 2.75) is 57.9 Å². The van der Waals surface area contributed by atoms with E-state index in [9.17, 15) is 4.79 Å². The van der Waals surface area contributed by atoms with Gasteiger partial charge >= 0.3 is 0 Å². The van der Waals surface area contributed by atoms with Crippen molar-refractivity contribution >= 4 is 28.2 Å². The third-order valence-corrected chi connectivity index (χ3v) is 7.36. The van der Waals surface area contributed by atoms with Gasteiger partial charge in [0.15, 0.2) is 12.1 Å². The van der Waals surface area contributed by atoms with Crippen LogP contribution in [-0.2, 0) is 0 Å². The number of aryl methyl sites for hydroxylation is 1. The molecule has 6 rings (SSSR count). The average molecular weight is 471 g/mol. The number of piperidine rings is 1. The Morgan fingerprint density at radius 1 is 1.09 bits per heavy atom. The summed E-state index contributed by atoms with van der Waals surface area (Å²) in [4.78, 5) is 23.9. The second kappa shape index (κ2) is 9.17. The smallest absolute Gasteiger partial charge is 0.277 e. The molecule has 2 aliphatic rings. The van der Waals surface area contributed by atoms with E-state index in [-0.39, 0.29) is 11.6 Å². The zero-order valence-electron chi connectivity index (χ0n) is 20.0. The molecule has 4 heterocycles. The van der Waals surface area contributed by atoms with E-state index in [4.69, 9.17) is 9.52 Å². The molecular weight excluding hydrogens is 440 g/mol. The predicted molar refractivity (Wildman–Crippen MR) is 136 cm³/mol. The Labute approximate surface area is 204 Å². The maximum Gasteiger partial charge on any atom is 0.277 e. The first kappa shape index (κ1) is 21.8. The Bertz CT molecular complexity index is 1350. The Balaban J connectivity index is 1.48. The van der Waals surface area contributed by atoms with E-state index in [1.807, 2.05) is 13.0 Å². The van der Waals surface area contributed by atoms with E-state index < -0.39 is 0 Å². The number of hydrogen-bond donors (Lipinski definition) is 1. The zero-order valence-corrected chi connectivity index (χ0v) is 20.0. The number of fused-ring (bicyclic) bond motifs is 1. The topological polar surface area (TPSA) is 89.1 Å². The van der Waals surface area contributed by atoms with Crippen LogP contribution in [0.3, 0.4) is 0 Å². The fraction of sp³-hybridized carbons (Fsp3) is 0.407. The summed E-state index contributed by atoms with van der Waals surface area (Å²) in [6, 6.07) is 6.80. The molecule has 180 valence electrons. The Morgan fingerprint density at radius 3 is 2.69 bits per heavy atom. The second-order valence-electron chi connectivity index (χ2n) is 9.67. The molecule has 35 heavy (non-hydrogen) atoms. The molecule has 1 aliphatic heterocycles. The van der Waals surface area contributed by atoms with Crippen molar-refractivity contribution in [2.75, 3.05) is 23.3 Å². The van der Waals surface area contributed by atoms with Gasteiger partial charge < -0.3 is 14.6 Å². The van der Waals surface area contributed by atoms with E-state index in [1.165, 1.54) is 57.6 Å². The maximum absolute atomic E-state index is 12.8. The number of nitrogens with zero attached hydrogens (tertiary/aromatic N) is 5. The standard InChI is InChI=1S/C27H30N6O2/c1-18-26(22(9-10-28-18)30-27(34)24-16-35-17-29-24)21-13-19-15-33(20-7-3-4-8-20)31-23(19)14-25(21)32-11-5-2-6-12-32/h9-10,13-17,20H,2-8,11-12H2,1H3,(H,28,30,34). The number of benzene rings is 1. The minimum Gasteiger partial charge on any atom is -0.451 e. The van der Waals surface area contributed by atoms with Crippen LogP contribution in [0.2, 0.25) is 0 Å². The molecule has 4 aromatic rings. The highest BCUT2D eigenvalue weighted by Gasteiger charge is 2.24. The molecule has 0 spiro atoms. The highest BCUT2D eigenvalue weighted by molar-refractivity contribution is 6.06. The van der Waals surface area contributed by atoms with E-state index in [1.54, 1.807) is 6.20 Å². The van der Waals surface area contributed by atoms with Gasteiger partial charge in [-0.15, -0.1) is 0 Å². The summed E-state index contributed by atoms with van der Waals surface area (Å²) in [5, 5.41) is 9.15. The number of pyridine rings is 1. The number of anilines is 2. The molecule has 0 radical (unpaired) electrons. The van der Waals surface area contributed by atoms with Crippen molar-refractivity contribution in [1.82, 2.24) is 19.7 Å². The SMILES string of the molecule is Cc1nccc(NC(=O)c2cocn2)c1-c1cc2cn(C3CCCC3)nc2cc1N1CCCCC1. The molecule has 0 atom stereocenters. The lowest BCUT2D eigenvalue weighted by Gasteiger charge is -2.31. The molecule has 8 nitrogen and oxygen atoms in total. The number of oxazole rings is 1. The van der Waals surface area contributed by atoms with Gasteiger partial charge in [-0.05, 0) is 57.2 Å². The first-order chi connectivity index (χ1) is 17.2. The van der Waals surface area contributed by atoms with Gasteiger partial charge in [-0.3, -0.25) is 14.5 Å². The van der Waals surface area contributed by atoms with Crippen molar-refractivity contribution in [2.24, 2.45) is 0 Å². The first-order valence-electron chi connectivity index (χ1n) is 12.6. The number of nitrogens with one attached hydrogen (secondary N) is 1. The monoisotopic (exact) mass is 470 g/mol. The van der Waals surface area contributed by atoms with Gasteiger partial charge in [-0.1, -0.05) is 12.8 Å². The summed E-state index contributed by atoms with van der Waals surface area (Å²) >= 11 is 0. The van der Waals surface area contributed by atoms with E-state index in [0.717, 1.165) is 46.5 Å². The summed E-state index contributed by atoms with van der Waals surface area (Å²) in [7, 11) is 0. The summed E-state index contributed by atoms with van der Waals surface area (Å²) < 4.78 is 7.17. The Kier molecular flexibility index (Phi) is 5.72. The molecule has 1 amide bonds. The van der Waals surface area contributed by atoms with Crippen LogP contribution >= 0.6 is 0 Å². The molecule has 1 saturated carbocycles. The third kappa shape index (κ3) is 4.17. The lowest BCUT2D eigenvalue weighted by Crippen LogP contribution is -2.30. The largest absolute Gasteiger partial charge is 0.451 e. The molecule has 1 aliphatic carbocycles. The molecule has 1 saturated heterocycles. The summed E-state index contributed by atoms with van der Waals surface area (Å²) in [6.07, 6.45) is 15.1. The lowest BCUT2D eigenvalue weighted by atomic mass is 9.97. The molecule has 3 aromatic heterocycles. The number of carbonyl (C=O) groups is 1. The fourth-order valence-electron chi connectivity index (χ4n) is 5.55. The van der Waals surface area contributed by atoms with Crippen LogP contribution in [0.4, 0.5) is 11.4 Å². The molecule has 1 aromatic carbocycles. The number of rotatable bonds is 5. The maximum atomic E-state index is 12.8. The highest BCUT2D eigenvalue weighted by Crippen LogP contribution is 2.41. The van der Waals surface area contributed by atoms with Gasteiger partial charge in [0, 0.05) is 53.4 Å². The zero-order chi connectivity index (χ0) is 23.8. The van der Waals surface area contributed by atoms with Gasteiger partial charge in [0.2, 0.25) is 0 Å². The molecule has 8 heteroatoms. The van der Waals surface area contributed by atoms with Crippen molar-refractivity contribution in [3.8, 4) is 11.1 Å². The fourth-order valence-corrected chi connectivity index (χ4v) is 5.55. The average Bonchev–Trinajstić information content (AvgIpc) is 3.65. The molecule has 2 fully saturated rings. The van der Waals surface area contributed by atoms with Crippen LogP contribution in [0, 0.1) is 6.92 Å². The number of aromatic nitrogens is 4. The quantitative estimate of drug-likeness (QED) is 0.399. The van der Waals surface area contributed by atoms with Crippen LogP contribution in [0.5, 0.6) is 0 Å². The van der Waals surface area contributed by atoms with E-state index in [2.05, 4.69) is 43.2 Å². The van der Waals surface area contributed by atoms with E-state index in [0.29, 0.717) is 11.7 Å². The van der Waals surface area contributed by atoms with Gasteiger partial charge in [0.05, 0.1) is 17.2 Å².